The molecule has 1 aromatic carbocycles. The Morgan fingerprint density at radius 2 is 1.96 bits per heavy atom. The van der Waals surface area contributed by atoms with Crippen LogP contribution >= 0.6 is 0 Å². The SMILES string of the molecule is O=C(N[C@@H](Cc1ccccc1)C(=O)O)c1ccnc(C2CC2)c1. The number of carbonyl (C=O) groups excluding carboxylic acids is 1. The Balaban J connectivity index is 1.70. The molecule has 1 aromatic heterocycles. The van der Waals surface area contributed by atoms with E-state index in [0.29, 0.717) is 11.5 Å². The summed E-state index contributed by atoms with van der Waals surface area (Å²) in [6.45, 7) is 0. The third-order valence-electron chi connectivity index (χ3n) is 3.92. The molecule has 1 saturated carbocycles. The highest BCUT2D eigenvalue weighted by Gasteiger charge is 2.26. The van der Waals surface area contributed by atoms with Crippen molar-refractivity contribution in [1.82, 2.24) is 10.3 Å². The number of nitrogens with one attached hydrogen (secondary N) is 1. The summed E-state index contributed by atoms with van der Waals surface area (Å²) < 4.78 is 0. The van der Waals surface area contributed by atoms with E-state index in [1.165, 1.54) is 0 Å². The predicted octanol–water partition coefficient (Wildman–Crippen LogP) is 2.38. The predicted molar refractivity (Wildman–Crippen MR) is 85.2 cm³/mol. The van der Waals surface area contributed by atoms with E-state index in [9.17, 15) is 14.7 Å². The zero-order valence-electron chi connectivity index (χ0n) is 12.6. The molecule has 0 spiro atoms. The van der Waals surface area contributed by atoms with Crippen LogP contribution in [-0.4, -0.2) is 28.0 Å². The number of amides is 1. The molecule has 1 aliphatic rings. The van der Waals surface area contributed by atoms with Gasteiger partial charge < -0.3 is 10.4 Å². The van der Waals surface area contributed by atoms with Crippen LogP contribution in [0.25, 0.3) is 0 Å². The molecule has 0 radical (unpaired) electrons. The Morgan fingerprint density at radius 1 is 1.22 bits per heavy atom. The average Bonchev–Trinajstić information content (AvgIpc) is 3.40. The summed E-state index contributed by atoms with van der Waals surface area (Å²) in [5.41, 5.74) is 2.24. The number of hydrogen-bond donors (Lipinski definition) is 2. The molecule has 5 nitrogen and oxygen atoms in total. The molecule has 0 bridgehead atoms. The second-order valence-electron chi connectivity index (χ2n) is 5.80. The van der Waals surface area contributed by atoms with Crippen molar-refractivity contribution in [2.24, 2.45) is 0 Å². The lowest BCUT2D eigenvalue weighted by molar-refractivity contribution is -0.139. The fourth-order valence-electron chi connectivity index (χ4n) is 2.48. The highest BCUT2D eigenvalue weighted by molar-refractivity contribution is 5.96. The largest absolute Gasteiger partial charge is 0.480 e. The first-order chi connectivity index (χ1) is 11.1. The van der Waals surface area contributed by atoms with Crippen LogP contribution in [0.2, 0.25) is 0 Å². The number of pyridine rings is 1. The van der Waals surface area contributed by atoms with E-state index in [4.69, 9.17) is 0 Å². The Labute approximate surface area is 134 Å². The van der Waals surface area contributed by atoms with Crippen molar-refractivity contribution in [3.05, 3.63) is 65.5 Å². The normalized spacial score (nSPS) is 15.0. The zero-order valence-corrected chi connectivity index (χ0v) is 12.6. The molecule has 1 heterocycles. The molecule has 2 N–H and O–H groups in total. The summed E-state index contributed by atoms with van der Waals surface area (Å²) >= 11 is 0. The van der Waals surface area contributed by atoms with Crippen LogP contribution in [0, 0.1) is 0 Å². The quantitative estimate of drug-likeness (QED) is 0.858. The second-order valence-corrected chi connectivity index (χ2v) is 5.80. The van der Waals surface area contributed by atoms with Crippen LogP contribution in [0.15, 0.2) is 48.7 Å². The summed E-state index contributed by atoms with van der Waals surface area (Å²) in [6.07, 6.45) is 4.06. The molecule has 23 heavy (non-hydrogen) atoms. The van der Waals surface area contributed by atoms with Crippen LogP contribution in [0.5, 0.6) is 0 Å². The Morgan fingerprint density at radius 3 is 2.61 bits per heavy atom. The van der Waals surface area contributed by atoms with E-state index in [-0.39, 0.29) is 12.3 Å². The molecule has 0 saturated heterocycles. The van der Waals surface area contributed by atoms with Gasteiger partial charge in [0.15, 0.2) is 0 Å². The summed E-state index contributed by atoms with van der Waals surface area (Å²) in [7, 11) is 0. The smallest absolute Gasteiger partial charge is 0.326 e. The van der Waals surface area contributed by atoms with Gasteiger partial charge >= 0.3 is 5.97 Å². The fraction of sp³-hybridized carbons (Fsp3) is 0.278. The van der Waals surface area contributed by atoms with Crippen molar-refractivity contribution in [1.29, 1.82) is 0 Å². The van der Waals surface area contributed by atoms with Gasteiger partial charge in [-0.15, -0.1) is 0 Å². The van der Waals surface area contributed by atoms with Crippen molar-refractivity contribution in [3.8, 4) is 0 Å². The minimum Gasteiger partial charge on any atom is -0.480 e. The lowest BCUT2D eigenvalue weighted by Crippen LogP contribution is -2.42. The Hall–Kier alpha value is -2.69. The standard InChI is InChI=1S/C18H18N2O3/c21-17(14-8-9-19-15(11-14)13-6-7-13)20-16(18(22)23)10-12-4-2-1-3-5-12/h1-5,8-9,11,13,16H,6-7,10H2,(H,20,21)(H,22,23)/t16-/m0/s1. The number of aliphatic carboxylic acids is 1. The summed E-state index contributed by atoms with van der Waals surface area (Å²) in [6, 6.07) is 11.7. The van der Waals surface area contributed by atoms with Crippen molar-refractivity contribution >= 4 is 11.9 Å². The minimum atomic E-state index is -1.04. The third-order valence-corrected chi connectivity index (χ3v) is 3.92. The number of nitrogens with zero attached hydrogens (tertiary/aromatic N) is 1. The van der Waals surface area contributed by atoms with Crippen molar-refractivity contribution in [2.75, 3.05) is 0 Å². The number of rotatable bonds is 6. The number of carboxylic acid groups (broad SMARTS) is 1. The van der Waals surface area contributed by atoms with Crippen LogP contribution < -0.4 is 5.32 Å². The molecule has 3 rings (SSSR count). The topological polar surface area (TPSA) is 79.3 Å². The minimum absolute atomic E-state index is 0.252. The molecule has 118 valence electrons. The molecule has 2 aromatic rings. The molecule has 5 heteroatoms. The maximum Gasteiger partial charge on any atom is 0.326 e. The first kappa shape index (κ1) is 15.2. The van der Waals surface area contributed by atoms with E-state index in [2.05, 4.69) is 10.3 Å². The molecular formula is C18H18N2O3. The van der Waals surface area contributed by atoms with E-state index < -0.39 is 12.0 Å². The van der Waals surface area contributed by atoms with Gasteiger partial charge in [-0.25, -0.2) is 4.79 Å². The molecule has 1 fully saturated rings. The van der Waals surface area contributed by atoms with Gasteiger partial charge in [0.25, 0.3) is 5.91 Å². The van der Waals surface area contributed by atoms with Gasteiger partial charge in [-0.05, 0) is 30.5 Å². The van der Waals surface area contributed by atoms with E-state index >= 15 is 0 Å². The molecule has 1 atom stereocenters. The molecule has 1 amide bonds. The molecule has 0 unspecified atom stereocenters. The highest BCUT2D eigenvalue weighted by atomic mass is 16.4. The van der Waals surface area contributed by atoms with Gasteiger partial charge in [-0.3, -0.25) is 9.78 Å². The molecular weight excluding hydrogens is 292 g/mol. The van der Waals surface area contributed by atoms with Crippen molar-refractivity contribution in [3.63, 3.8) is 0 Å². The van der Waals surface area contributed by atoms with Gasteiger partial charge in [0, 0.05) is 29.8 Å². The van der Waals surface area contributed by atoms with Crippen molar-refractivity contribution < 1.29 is 14.7 Å². The molecule has 0 aliphatic heterocycles. The molecule has 1 aliphatic carbocycles. The summed E-state index contributed by atoms with van der Waals surface area (Å²) in [4.78, 5) is 28.0. The van der Waals surface area contributed by atoms with Gasteiger partial charge in [-0.2, -0.15) is 0 Å². The lowest BCUT2D eigenvalue weighted by atomic mass is 10.1. The second kappa shape index (κ2) is 6.60. The van der Waals surface area contributed by atoms with Gasteiger partial charge in [0.1, 0.15) is 6.04 Å². The zero-order chi connectivity index (χ0) is 16.2. The van der Waals surface area contributed by atoms with Crippen LogP contribution in [-0.2, 0) is 11.2 Å². The van der Waals surface area contributed by atoms with Crippen LogP contribution in [0.4, 0.5) is 0 Å². The Kier molecular flexibility index (Phi) is 4.37. The van der Waals surface area contributed by atoms with Crippen LogP contribution in [0.1, 0.15) is 40.4 Å². The first-order valence-corrected chi connectivity index (χ1v) is 7.67. The van der Waals surface area contributed by atoms with Gasteiger partial charge in [0.05, 0.1) is 0 Å². The number of carbonyl (C=O) groups is 2. The first-order valence-electron chi connectivity index (χ1n) is 7.67. The summed E-state index contributed by atoms with van der Waals surface area (Å²) in [5.74, 6) is -0.973. The Bertz CT molecular complexity index is 711. The van der Waals surface area contributed by atoms with Gasteiger partial charge in [-0.1, -0.05) is 30.3 Å². The lowest BCUT2D eigenvalue weighted by Gasteiger charge is -2.15. The van der Waals surface area contributed by atoms with E-state index in [1.807, 2.05) is 30.3 Å². The third kappa shape index (κ3) is 3.94. The average molecular weight is 310 g/mol. The van der Waals surface area contributed by atoms with Crippen LogP contribution in [0.3, 0.4) is 0 Å². The highest BCUT2D eigenvalue weighted by Crippen LogP contribution is 2.38. The number of benzene rings is 1. The van der Waals surface area contributed by atoms with Crippen molar-refractivity contribution in [2.45, 2.75) is 31.2 Å². The monoisotopic (exact) mass is 310 g/mol. The number of carboxylic acids is 1. The maximum atomic E-state index is 12.3. The number of hydrogen-bond acceptors (Lipinski definition) is 3. The maximum absolute atomic E-state index is 12.3. The van der Waals surface area contributed by atoms with E-state index in [1.54, 1.807) is 18.3 Å². The number of aromatic nitrogens is 1. The van der Waals surface area contributed by atoms with E-state index in [0.717, 1.165) is 24.1 Å². The van der Waals surface area contributed by atoms with Gasteiger partial charge in [0.2, 0.25) is 0 Å². The fourth-order valence-corrected chi connectivity index (χ4v) is 2.48. The summed E-state index contributed by atoms with van der Waals surface area (Å²) in [5, 5.41) is 12.0.